The van der Waals surface area contributed by atoms with Gasteiger partial charge in [-0.2, -0.15) is 0 Å². The van der Waals surface area contributed by atoms with Crippen molar-refractivity contribution in [3.8, 4) is 11.3 Å². The Morgan fingerprint density at radius 3 is 2.55 bits per heavy atom. The van der Waals surface area contributed by atoms with Crippen molar-refractivity contribution >= 4 is 16.5 Å². The predicted molar refractivity (Wildman–Crippen MR) is 85.3 cm³/mol. The Kier molecular flexibility index (Phi) is 4.28. The maximum absolute atomic E-state index is 12.8. The molecule has 0 bridgehead atoms. The third kappa shape index (κ3) is 2.63. The molecule has 2 aromatic rings. The normalized spacial score (nSPS) is 12.8. The smallest absolute Gasteiger partial charge is 0.260 e. The molecule has 2 N–H and O–H groups in total. The standard InChI is InChI=1S/C15H21N3OS/c1-5-10(4)18-13(9(2)3)7-6-11(14(18)19)12-8-20-15(16)17-12/h6-10H,5H2,1-4H3,(H2,16,17). The summed E-state index contributed by atoms with van der Waals surface area (Å²) in [5, 5.41) is 2.32. The third-order valence-electron chi connectivity index (χ3n) is 3.57. The molecular formula is C15H21N3OS. The molecule has 0 fully saturated rings. The number of nitrogens with zero attached hydrogens (tertiary/aromatic N) is 2. The summed E-state index contributed by atoms with van der Waals surface area (Å²) < 4.78 is 1.90. The molecule has 0 aliphatic rings. The lowest BCUT2D eigenvalue weighted by Gasteiger charge is -2.21. The van der Waals surface area contributed by atoms with Gasteiger partial charge in [0.1, 0.15) is 0 Å². The minimum Gasteiger partial charge on any atom is -0.375 e. The highest BCUT2D eigenvalue weighted by Gasteiger charge is 2.17. The van der Waals surface area contributed by atoms with Gasteiger partial charge in [-0.3, -0.25) is 4.79 Å². The van der Waals surface area contributed by atoms with Crippen LogP contribution in [0.5, 0.6) is 0 Å². The summed E-state index contributed by atoms with van der Waals surface area (Å²) in [5.74, 6) is 0.311. The monoisotopic (exact) mass is 291 g/mol. The molecule has 1 atom stereocenters. The molecule has 0 aliphatic heterocycles. The topological polar surface area (TPSA) is 60.9 Å². The fourth-order valence-electron chi connectivity index (χ4n) is 2.28. The zero-order valence-electron chi connectivity index (χ0n) is 12.4. The van der Waals surface area contributed by atoms with Crippen molar-refractivity contribution in [2.45, 2.75) is 46.1 Å². The second-order valence-corrected chi connectivity index (χ2v) is 6.22. The van der Waals surface area contributed by atoms with Crippen LogP contribution in [0.15, 0.2) is 22.3 Å². The molecule has 1 unspecified atom stereocenters. The van der Waals surface area contributed by atoms with E-state index in [4.69, 9.17) is 5.73 Å². The summed E-state index contributed by atoms with van der Waals surface area (Å²) in [6.07, 6.45) is 0.919. The number of hydrogen-bond donors (Lipinski definition) is 1. The summed E-state index contributed by atoms with van der Waals surface area (Å²) in [4.78, 5) is 17.0. The molecule has 2 heterocycles. The van der Waals surface area contributed by atoms with Crippen LogP contribution in [0.4, 0.5) is 5.13 Å². The molecule has 0 aliphatic carbocycles. The molecule has 0 spiro atoms. The summed E-state index contributed by atoms with van der Waals surface area (Å²) in [6.45, 7) is 8.38. The number of thiazole rings is 1. The van der Waals surface area contributed by atoms with E-state index in [1.54, 1.807) is 0 Å². The van der Waals surface area contributed by atoms with Gasteiger partial charge >= 0.3 is 0 Å². The highest BCUT2D eigenvalue weighted by molar-refractivity contribution is 7.13. The average molecular weight is 291 g/mol. The van der Waals surface area contributed by atoms with Gasteiger partial charge in [-0.25, -0.2) is 4.98 Å². The number of nitrogens with two attached hydrogens (primary N) is 1. The zero-order chi connectivity index (χ0) is 14.9. The second kappa shape index (κ2) is 5.79. The van der Waals surface area contributed by atoms with E-state index < -0.39 is 0 Å². The molecule has 0 saturated carbocycles. The quantitative estimate of drug-likeness (QED) is 0.935. The van der Waals surface area contributed by atoms with Gasteiger partial charge in [0, 0.05) is 17.1 Å². The Balaban J connectivity index is 2.66. The minimum absolute atomic E-state index is 0.0239. The van der Waals surface area contributed by atoms with Gasteiger partial charge in [0.25, 0.3) is 5.56 Å². The molecule has 5 heteroatoms. The van der Waals surface area contributed by atoms with Crippen LogP contribution in [0, 0.1) is 0 Å². The summed E-state index contributed by atoms with van der Waals surface area (Å²) in [7, 11) is 0. The first-order valence-electron chi connectivity index (χ1n) is 6.92. The van der Waals surface area contributed by atoms with Crippen LogP contribution < -0.4 is 11.3 Å². The fourth-order valence-corrected chi connectivity index (χ4v) is 2.84. The maximum atomic E-state index is 12.8. The average Bonchev–Trinajstić information content (AvgIpc) is 2.83. The van der Waals surface area contributed by atoms with Gasteiger partial charge < -0.3 is 10.3 Å². The van der Waals surface area contributed by atoms with Crippen molar-refractivity contribution in [1.82, 2.24) is 9.55 Å². The first-order chi connectivity index (χ1) is 9.45. The van der Waals surface area contributed by atoms with Gasteiger partial charge in [-0.05, 0) is 31.4 Å². The number of nitrogen functional groups attached to an aromatic ring is 1. The minimum atomic E-state index is 0.0239. The molecule has 2 aromatic heterocycles. The van der Waals surface area contributed by atoms with E-state index in [0.717, 1.165) is 12.1 Å². The predicted octanol–water partition coefficient (Wildman–Crippen LogP) is 3.65. The fraction of sp³-hybridized carbons (Fsp3) is 0.467. The van der Waals surface area contributed by atoms with E-state index in [-0.39, 0.29) is 11.6 Å². The largest absolute Gasteiger partial charge is 0.375 e. The van der Waals surface area contributed by atoms with Crippen molar-refractivity contribution in [2.24, 2.45) is 0 Å². The molecule has 0 amide bonds. The molecule has 0 saturated heterocycles. The van der Waals surface area contributed by atoms with Gasteiger partial charge in [-0.15, -0.1) is 11.3 Å². The Morgan fingerprint density at radius 1 is 1.35 bits per heavy atom. The Labute approximate surface area is 123 Å². The number of aromatic nitrogens is 2. The van der Waals surface area contributed by atoms with E-state index in [9.17, 15) is 4.79 Å². The van der Waals surface area contributed by atoms with Crippen LogP contribution in [-0.2, 0) is 0 Å². The lowest BCUT2D eigenvalue weighted by molar-refractivity contribution is 0.485. The van der Waals surface area contributed by atoms with Crippen molar-refractivity contribution < 1.29 is 0 Å². The highest BCUT2D eigenvalue weighted by atomic mass is 32.1. The molecule has 108 valence electrons. The van der Waals surface area contributed by atoms with Crippen LogP contribution >= 0.6 is 11.3 Å². The Morgan fingerprint density at radius 2 is 2.05 bits per heavy atom. The SMILES string of the molecule is CCC(C)n1c(C(C)C)ccc(-c2csc(N)n2)c1=O. The van der Waals surface area contributed by atoms with E-state index >= 15 is 0 Å². The summed E-state index contributed by atoms with van der Waals surface area (Å²) >= 11 is 1.36. The maximum Gasteiger partial charge on any atom is 0.260 e. The Bertz CT molecular complexity index is 657. The highest BCUT2D eigenvalue weighted by Crippen LogP contribution is 2.24. The Hall–Kier alpha value is -1.62. The number of pyridine rings is 1. The molecule has 0 radical (unpaired) electrons. The molecule has 2 rings (SSSR count). The second-order valence-electron chi connectivity index (χ2n) is 5.33. The van der Waals surface area contributed by atoms with E-state index in [2.05, 4.69) is 32.7 Å². The summed E-state index contributed by atoms with van der Waals surface area (Å²) in [5.41, 5.74) is 8.06. The van der Waals surface area contributed by atoms with Crippen LogP contribution in [0.3, 0.4) is 0 Å². The van der Waals surface area contributed by atoms with Crippen LogP contribution in [0.2, 0.25) is 0 Å². The number of rotatable bonds is 4. The van der Waals surface area contributed by atoms with Gasteiger partial charge in [0.15, 0.2) is 5.13 Å². The van der Waals surface area contributed by atoms with Crippen LogP contribution in [-0.4, -0.2) is 9.55 Å². The molecule has 20 heavy (non-hydrogen) atoms. The van der Waals surface area contributed by atoms with Crippen LogP contribution in [0.25, 0.3) is 11.3 Å². The van der Waals surface area contributed by atoms with Gasteiger partial charge in [0.05, 0.1) is 11.3 Å². The molecule has 4 nitrogen and oxygen atoms in total. The number of anilines is 1. The summed E-state index contributed by atoms with van der Waals surface area (Å²) in [6, 6.07) is 4.07. The zero-order valence-corrected chi connectivity index (χ0v) is 13.2. The van der Waals surface area contributed by atoms with E-state index in [0.29, 0.717) is 22.3 Å². The van der Waals surface area contributed by atoms with Crippen molar-refractivity contribution in [3.63, 3.8) is 0 Å². The van der Waals surface area contributed by atoms with Crippen LogP contribution in [0.1, 0.15) is 51.8 Å². The lowest BCUT2D eigenvalue weighted by Crippen LogP contribution is -2.28. The molecular weight excluding hydrogens is 270 g/mol. The van der Waals surface area contributed by atoms with Crippen molar-refractivity contribution in [3.05, 3.63) is 33.6 Å². The van der Waals surface area contributed by atoms with E-state index in [1.807, 2.05) is 22.1 Å². The van der Waals surface area contributed by atoms with Gasteiger partial charge in [-0.1, -0.05) is 20.8 Å². The van der Waals surface area contributed by atoms with Crippen molar-refractivity contribution in [2.75, 3.05) is 5.73 Å². The van der Waals surface area contributed by atoms with Crippen molar-refractivity contribution in [1.29, 1.82) is 0 Å². The lowest BCUT2D eigenvalue weighted by atomic mass is 10.1. The molecule has 0 aromatic carbocycles. The first-order valence-corrected chi connectivity index (χ1v) is 7.80. The van der Waals surface area contributed by atoms with E-state index in [1.165, 1.54) is 11.3 Å². The third-order valence-corrected chi connectivity index (χ3v) is 4.24. The van der Waals surface area contributed by atoms with Gasteiger partial charge in [0.2, 0.25) is 0 Å². The number of hydrogen-bond acceptors (Lipinski definition) is 4. The first kappa shape index (κ1) is 14.8.